The zero-order chi connectivity index (χ0) is 14.2. The Morgan fingerprint density at radius 3 is 2.95 bits per heavy atom. The summed E-state index contributed by atoms with van der Waals surface area (Å²) >= 11 is 1.77. The molecule has 2 fully saturated rings. The summed E-state index contributed by atoms with van der Waals surface area (Å²) in [4.78, 5) is 16.3. The number of primary amides is 1. The van der Waals surface area contributed by atoms with Gasteiger partial charge in [0.2, 0.25) is 5.91 Å². The highest BCUT2D eigenvalue weighted by molar-refractivity contribution is 7.99. The lowest BCUT2D eigenvalue weighted by atomic mass is 9.80. The third-order valence-corrected chi connectivity index (χ3v) is 5.62. The first-order chi connectivity index (χ1) is 9.59. The Kier molecular flexibility index (Phi) is 3.77. The molecule has 2 aliphatic rings. The highest BCUT2D eigenvalue weighted by Crippen LogP contribution is 2.39. The van der Waals surface area contributed by atoms with E-state index in [9.17, 15) is 4.79 Å². The average molecular weight is 294 g/mol. The lowest BCUT2D eigenvalue weighted by Gasteiger charge is -2.39. The predicted molar refractivity (Wildman–Crippen MR) is 79.4 cm³/mol. The molecule has 0 radical (unpaired) electrons. The summed E-state index contributed by atoms with van der Waals surface area (Å²) in [6.07, 6.45) is 9.97. The number of nitrogens with two attached hydrogens (primary N) is 1. The molecule has 2 saturated carbocycles. The fraction of sp³-hybridized carbons (Fsp3) is 0.714. The van der Waals surface area contributed by atoms with Crippen LogP contribution in [0.1, 0.15) is 38.5 Å². The molecule has 1 aromatic rings. The third kappa shape index (κ3) is 2.86. The van der Waals surface area contributed by atoms with Crippen molar-refractivity contribution in [1.29, 1.82) is 0 Å². The Balaban J connectivity index is 1.70. The van der Waals surface area contributed by atoms with E-state index in [0.29, 0.717) is 11.3 Å². The quantitative estimate of drug-likeness (QED) is 0.861. The molecule has 2 aliphatic carbocycles. The summed E-state index contributed by atoms with van der Waals surface area (Å²) in [7, 11) is 2.00. The fourth-order valence-corrected chi connectivity index (χ4v) is 4.28. The largest absolute Gasteiger partial charge is 0.368 e. The Bertz CT molecular complexity index is 499. The molecule has 0 spiro atoms. The lowest BCUT2D eigenvalue weighted by molar-refractivity contribution is -0.125. The van der Waals surface area contributed by atoms with Crippen LogP contribution < -0.4 is 11.1 Å². The smallest absolute Gasteiger partial charge is 0.237 e. The number of carbonyl (C=O) groups excluding carboxylic acids is 1. The molecule has 2 atom stereocenters. The second kappa shape index (κ2) is 5.41. The Labute approximate surface area is 123 Å². The van der Waals surface area contributed by atoms with E-state index >= 15 is 0 Å². The molecular formula is C14H22N4OS. The van der Waals surface area contributed by atoms with Crippen molar-refractivity contribution in [1.82, 2.24) is 14.9 Å². The topological polar surface area (TPSA) is 72.9 Å². The maximum Gasteiger partial charge on any atom is 0.237 e. The summed E-state index contributed by atoms with van der Waals surface area (Å²) in [6.45, 7) is 0. The summed E-state index contributed by atoms with van der Waals surface area (Å²) < 4.78 is 2.03. The Morgan fingerprint density at radius 2 is 2.35 bits per heavy atom. The number of rotatable bonds is 5. The maximum atomic E-state index is 12.0. The van der Waals surface area contributed by atoms with Gasteiger partial charge in [-0.3, -0.25) is 4.79 Å². The summed E-state index contributed by atoms with van der Waals surface area (Å²) in [5, 5.41) is 4.94. The van der Waals surface area contributed by atoms with Crippen molar-refractivity contribution in [3.05, 3.63) is 12.4 Å². The van der Waals surface area contributed by atoms with Crippen LogP contribution in [0.15, 0.2) is 17.6 Å². The Morgan fingerprint density at radius 1 is 1.55 bits per heavy atom. The van der Waals surface area contributed by atoms with Gasteiger partial charge in [0.25, 0.3) is 0 Å². The molecule has 2 unspecified atom stereocenters. The lowest BCUT2D eigenvalue weighted by Crippen LogP contribution is -2.59. The van der Waals surface area contributed by atoms with E-state index in [0.717, 1.165) is 30.8 Å². The van der Waals surface area contributed by atoms with Crippen molar-refractivity contribution in [3.8, 4) is 0 Å². The van der Waals surface area contributed by atoms with Gasteiger partial charge in [-0.25, -0.2) is 4.98 Å². The number of hydrogen-bond donors (Lipinski definition) is 2. The van der Waals surface area contributed by atoms with Crippen molar-refractivity contribution in [2.24, 2.45) is 12.8 Å². The van der Waals surface area contributed by atoms with E-state index in [-0.39, 0.29) is 5.91 Å². The second-order valence-corrected chi connectivity index (χ2v) is 7.29. The van der Waals surface area contributed by atoms with Crippen molar-refractivity contribution < 1.29 is 4.79 Å². The minimum atomic E-state index is -0.498. The molecule has 3 N–H and O–H groups in total. The molecule has 20 heavy (non-hydrogen) atoms. The number of carbonyl (C=O) groups is 1. The molecule has 1 amide bonds. The van der Waals surface area contributed by atoms with Crippen LogP contribution in [0.2, 0.25) is 0 Å². The minimum Gasteiger partial charge on any atom is -0.368 e. The normalized spacial score (nSPS) is 30.4. The molecule has 110 valence electrons. The second-order valence-electron chi connectivity index (χ2n) is 6.02. The van der Waals surface area contributed by atoms with Crippen molar-refractivity contribution in [2.45, 2.75) is 60.5 Å². The summed E-state index contributed by atoms with van der Waals surface area (Å²) in [6, 6.07) is 0.499. The number of imidazole rings is 1. The van der Waals surface area contributed by atoms with Crippen molar-refractivity contribution >= 4 is 17.7 Å². The fourth-order valence-electron chi connectivity index (χ4n) is 2.98. The maximum absolute atomic E-state index is 12.0. The highest BCUT2D eigenvalue weighted by atomic mass is 32.2. The van der Waals surface area contributed by atoms with E-state index in [1.807, 2.05) is 24.0 Å². The van der Waals surface area contributed by atoms with Gasteiger partial charge < -0.3 is 15.6 Å². The van der Waals surface area contributed by atoms with E-state index in [1.54, 1.807) is 11.8 Å². The van der Waals surface area contributed by atoms with Crippen LogP contribution in [0.5, 0.6) is 0 Å². The first-order valence-corrected chi connectivity index (χ1v) is 8.19. The summed E-state index contributed by atoms with van der Waals surface area (Å²) in [5.41, 5.74) is 5.21. The van der Waals surface area contributed by atoms with Crippen LogP contribution in [0.3, 0.4) is 0 Å². The minimum absolute atomic E-state index is 0.186. The molecule has 0 aliphatic heterocycles. The predicted octanol–water partition coefficient (Wildman–Crippen LogP) is 1.43. The van der Waals surface area contributed by atoms with Gasteiger partial charge in [-0.05, 0) is 38.5 Å². The van der Waals surface area contributed by atoms with Gasteiger partial charge in [-0.2, -0.15) is 0 Å². The first-order valence-electron chi connectivity index (χ1n) is 7.31. The van der Waals surface area contributed by atoms with Crippen LogP contribution in [0.4, 0.5) is 0 Å². The van der Waals surface area contributed by atoms with E-state index in [4.69, 9.17) is 5.73 Å². The number of nitrogens with zero attached hydrogens (tertiary/aromatic N) is 2. The molecule has 5 nitrogen and oxygen atoms in total. The van der Waals surface area contributed by atoms with Crippen LogP contribution in [0.25, 0.3) is 0 Å². The molecule has 0 bridgehead atoms. The third-order valence-electron chi connectivity index (χ3n) is 4.28. The molecule has 3 rings (SSSR count). The number of thioether (sulfide) groups is 1. The zero-order valence-corrected chi connectivity index (χ0v) is 12.7. The van der Waals surface area contributed by atoms with Crippen LogP contribution in [-0.2, 0) is 11.8 Å². The van der Waals surface area contributed by atoms with Crippen LogP contribution in [0, 0.1) is 0 Å². The van der Waals surface area contributed by atoms with Gasteiger partial charge in [-0.15, -0.1) is 0 Å². The van der Waals surface area contributed by atoms with E-state index in [1.165, 1.54) is 12.8 Å². The Hall–Kier alpha value is -1.01. The van der Waals surface area contributed by atoms with Gasteiger partial charge in [0.05, 0.1) is 5.54 Å². The number of hydrogen-bond acceptors (Lipinski definition) is 4. The monoisotopic (exact) mass is 294 g/mol. The molecule has 1 aromatic heterocycles. The number of aryl methyl sites for hydroxylation is 1. The van der Waals surface area contributed by atoms with Gasteiger partial charge in [0.1, 0.15) is 0 Å². The molecule has 1 heterocycles. The zero-order valence-electron chi connectivity index (χ0n) is 11.8. The molecule has 0 saturated heterocycles. The van der Waals surface area contributed by atoms with Crippen LogP contribution >= 0.6 is 11.8 Å². The molecular weight excluding hydrogens is 272 g/mol. The number of amides is 1. The average Bonchev–Trinajstić information content (AvgIpc) is 3.13. The summed E-state index contributed by atoms with van der Waals surface area (Å²) in [5.74, 6) is -0.186. The van der Waals surface area contributed by atoms with Gasteiger partial charge in [-0.1, -0.05) is 11.8 Å². The SMILES string of the molecule is Cn1ccnc1SC1CCCC(NC2CC2)(C(N)=O)C1. The van der Waals surface area contributed by atoms with Crippen LogP contribution in [-0.4, -0.2) is 32.3 Å². The van der Waals surface area contributed by atoms with Gasteiger partial charge in [0.15, 0.2) is 5.16 Å². The van der Waals surface area contributed by atoms with E-state index in [2.05, 4.69) is 10.3 Å². The first kappa shape index (κ1) is 13.9. The number of nitrogens with one attached hydrogen (secondary N) is 1. The van der Waals surface area contributed by atoms with E-state index < -0.39 is 5.54 Å². The molecule has 6 heteroatoms. The van der Waals surface area contributed by atoms with Crippen molar-refractivity contribution in [3.63, 3.8) is 0 Å². The molecule has 0 aromatic carbocycles. The standard InChI is InChI=1S/C14H22N4OS/c1-18-8-7-16-13(18)20-11-3-2-6-14(9-11,12(15)19)17-10-4-5-10/h7-8,10-11,17H,2-6,9H2,1H3,(H2,15,19). The highest BCUT2D eigenvalue weighted by Gasteiger charge is 2.44. The van der Waals surface area contributed by atoms with Gasteiger partial charge >= 0.3 is 0 Å². The van der Waals surface area contributed by atoms with Gasteiger partial charge in [0, 0.05) is 30.7 Å². The van der Waals surface area contributed by atoms with Crippen molar-refractivity contribution in [2.75, 3.05) is 0 Å². The number of aromatic nitrogens is 2.